The van der Waals surface area contributed by atoms with Gasteiger partial charge >= 0.3 is 7.12 Å². The molecule has 0 bridgehead atoms. The second-order valence-electron chi connectivity index (χ2n) is 5.43. The average molecular weight is 311 g/mol. The number of hydrogen-bond donors (Lipinski definition) is 2. The van der Waals surface area contributed by atoms with Crippen LogP contribution in [0.25, 0.3) is 11.3 Å². The third kappa shape index (κ3) is 3.69. The minimum atomic E-state index is -1.46. The van der Waals surface area contributed by atoms with Gasteiger partial charge in [-0.2, -0.15) is 0 Å². The van der Waals surface area contributed by atoms with Crippen molar-refractivity contribution in [3.8, 4) is 11.3 Å². The summed E-state index contributed by atoms with van der Waals surface area (Å²) in [6, 6.07) is 6.92. The summed E-state index contributed by atoms with van der Waals surface area (Å²) in [7, 11) is 0.231. The number of rotatable bonds is 5. The fourth-order valence-electron chi connectivity index (χ4n) is 2.53. The standard InChI is InChI=1S/C16H18BN3O3/c1-23-15-4-2-3-12(9-15)10-20-11-16(18-19-20)13-5-7-14(8-6-13)17(21)22/h3,5-9,11,21-22H,2,4,10H2,1H3. The molecule has 3 rings (SSSR count). The maximum Gasteiger partial charge on any atom is 0.488 e. The topological polar surface area (TPSA) is 80.4 Å². The van der Waals surface area contributed by atoms with Crippen LogP contribution < -0.4 is 5.46 Å². The molecular weight excluding hydrogens is 293 g/mol. The van der Waals surface area contributed by atoms with Crippen molar-refractivity contribution in [2.24, 2.45) is 0 Å². The Morgan fingerprint density at radius 1 is 1.26 bits per heavy atom. The molecule has 2 aromatic rings. The summed E-state index contributed by atoms with van der Waals surface area (Å²) in [5.41, 5.74) is 3.23. The van der Waals surface area contributed by atoms with E-state index < -0.39 is 7.12 Å². The number of nitrogens with zero attached hydrogens (tertiary/aromatic N) is 3. The van der Waals surface area contributed by atoms with E-state index in [0.717, 1.165) is 35.4 Å². The molecule has 6 nitrogen and oxygen atoms in total. The van der Waals surface area contributed by atoms with E-state index in [1.165, 1.54) is 0 Å². The van der Waals surface area contributed by atoms with Crippen LogP contribution in [-0.4, -0.2) is 39.3 Å². The molecule has 1 aromatic heterocycles. The van der Waals surface area contributed by atoms with Crippen LogP contribution in [0, 0.1) is 0 Å². The van der Waals surface area contributed by atoms with Gasteiger partial charge in [-0.1, -0.05) is 35.6 Å². The third-order valence-corrected chi connectivity index (χ3v) is 3.79. The fourth-order valence-corrected chi connectivity index (χ4v) is 2.53. The van der Waals surface area contributed by atoms with Crippen LogP contribution in [-0.2, 0) is 11.3 Å². The molecule has 1 aromatic carbocycles. The van der Waals surface area contributed by atoms with Crippen molar-refractivity contribution in [3.63, 3.8) is 0 Å². The van der Waals surface area contributed by atoms with E-state index >= 15 is 0 Å². The number of allylic oxidation sites excluding steroid dienone is 4. The summed E-state index contributed by atoms with van der Waals surface area (Å²) < 4.78 is 7.08. The smallest absolute Gasteiger partial charge is 0.488 e. The summed E-state index contributed by atoms with van der Waals surface area (Å²) in [4.78, 5) is 0. The zero-order valence-electron chi connectivity index (χ0n) is 12.9. The quantitative estimate of drug-likeness (QED) is 0.801. The lowest BCUT2D eigenvalue weighted by atomic mass is 9.80. The molecule has 118 valence electrons. The van der Waals surface area contributed by atoms with Crippen LogP contribution >= 0.6 is 0 Å². The second-order valence-corrected chi connectivity index (χ2v) is 5.43. The highest BCUT2D eigenvalue weighted by molar-refractivity contribution is 6.58. The third-order valence-electron chi connectivity index (χ3n) is 3.79. The minimum absolute atomic E-state index is 0.450. The highest BCUT2D eigenvalue weighted by atomic mass is 16.5. The largest absolute Gasteiger partial charge is 0.501 e. The van der Waals surface area contributed by atoms with Crippen LogP contribution in [0.5, 0.6) is 0 Å². The van der Waals surface area contributed by atoms with E-state index in [4.69, 9.17) is 14.8 Å². The summed E-state index contributed by atoms with van der Waals surface area (Å²) in [6.07, 6.45) is 8.01. The zero-order valence-corrected chi connectivity index (χ0v) is 12.9. The van der Waals surface area contributed by atoms with Gasteiger partial charge < -0.3 is 14.8 Å². The summed E-state index contributed by atoms with van der Waals surface area (Å²) >= 11 is 0. The Bertz CT molecular complexity index is 735. The normalized spacial score (nSPS) is 14.2. The number of hydrogen-bond acceptors (Lipinski definition) is 5. The first-order chi connectivity index (χ1) is 11.2. The molecule has 0 atom stereocenters. The van der Waals surface area contributed by atoms with E-state index in [2.05, 4.69) is 16.4 Å². The van der Waals surface area contributed by atoms with Gasteiger partial charge in [0.2, 0.25) is 0 Å². The molecule has 1 heterocycles. The first-order valence-corrected chi connectivity index (χ1v) is 7.46. The molecule has 1 aliphatic rings. The Morgan fingerprint density at radius 2 is 2.04 bits per heavy atom. The van der Waals surface area contributed by atoms with Crippen molar-refractivity contribution in [2.45, 2.75) is 19.4 Å². The van der Waals surface area contributed by atoms with Crippen LogP contribution in [0.3, 0.4) is 0 Å². The van der Waals surface area contributed by atoms with Crippen molar-refractivity contribution >= 4 is 12.6 Å². The van der Waals surface area contributed by atoms with Gasteiger partial charge in [-0.05, 0) is 23.5 Å². The Hall–Kier alpha value is -2.38. The van der Waals surface area contributed by atoms with Crippen LogP contribution in [0.15, 0.2) is 53.9 Å². The predicted octanol–water partition coefficient (Wildman–Crippen LogP) is 0.875. The lowest BCUT2D eigenvalue weighted by Crippen LogP contribution is -2.29. The maximum atomic E-state index is 9.11. The van der Waals surface area contributed by atoms with Crippen molar-refractivity contribution in [3.05, 3.63) is 53.9 Å². The summed E-state index contributed by atoms with van der Waals surface area (Å²) in [5.74, 6) is 0.987. The molecule has 2 N–H and O–H groups in total. The molecule has 0 aliphatic heterocycles. The summed E-state index contributed by atoms with van der Waals surface area (Å²) in [5, 5.41) is 26.6. The van der Waals surface area contributed by atoms with Crippen molar-refractivity contribution < 1.29 is 14.8 Å². The van der Waals surface area contributed by atoms with Gasteiger partial charge in [-0.15, -0.1) is 5.10 Å². The van der Waals surface area contributed by atoms with Gasteiger partial charge in [0.1, 0.15) is 5.69 Å². The average Bonchev–Trinajstić information content (AvgIpc) is 3.03. The van der Waals surface area contributed by atoms with E-state index in [9.17, 15) is 0 Å². The van der Waals surface area contributed by atoms with Crippen LogP contribution in [0.4, 0.5) is 0 Å². The number of benzene rings is 1. The molecule has 0 unspecified atom stereocenters. The van der Waals surface area contributed by atoms with Gasteiger partial charge in [-0.3, -0.25) is 0 Å². The molecule has 23 heavy (non-hydrogen) atoms. The Morgan fingerprint density at radius 3 is 2.74 bits per heavy atom. The highest BCUT2D eigenvalue weighted by Gasteiger charge is 2.12. The first-order valence-electron chi connectivity index (χ1n) is 7.46. The lowest BCUT2D eigenvalue weighted by Gasteiger charge is -2.12. The molecular formula is C16H18BN3O3. The lowest BCUT2D eigenvalue weighted by molar-refractivity contribution is 0.275. The molecule has 0 amide bonds. The Labute approximate surface area is 134 Å². The SMILES string of the molecule is COC1=CC(Cn2cc(-c3ccc(B(O)O)cc3)nn2)=CCC1. The fraction of sp³-hybridized carbons (Fsp3) is 0.250. The van der Waals surface area contributed by atoms with E-state index in [1.807, 2.05) is 12.3 Å². The zero-order chi connectivity index (χ0) is 16.2. The van der Waals surface area contributed by atoms with Gasteiger partial charge in [-0.25, -0.2) is 4.68 Å². The monoisotopic (exact) mass is 311 g/mol. The molecule has 0 radical (unpaired) electrons. The van der Waals surface area contributed by atoms with E-state index in [0.29, 0.717) is 12.0 Å². The molecule has 0 spiro atoms. The molecule has 0 saturated heterocycles. The van der Waals surface area contributed by atoms with E-state index in [1.54, 1.807) is 36.1 Å². The highest BCUT2D eigenvalue weighted by Crippen LogP contribution is 2.20. The van der Waals surface area contributed by atoms with E-state index in [-0.39, 0.29) is 0 Å². The predicted molar refractivity (Wildman–Crippen MR) is 87.7 cm³/mol. The van der Waals surface area contributed by atoms with Crippen molar-refractivity contribution in [2.75, 3.05) is 7.11 Å². The summed E-state index contributed by atoms with van der Waals surface area (Å²) in [6.45, 7) is 0.646. The van der Waals surface area contributed by atoms with Gasteiger partial charge in [0, 0.05) is 12.0 Å². The Kier molecular flexibility index (Phi) is 4.59. The first kappa shape index (κ1) is 15.5. The van der Waals surface area contributed by atoms with Gasteiger partial charge in [0.05, 0.1) is 25.6 Å². The van der Waals surface area contributed by atoms with Crippen LogP contribution in [0.2, 0.25) is 0 Å². The minimum Gasteiger partial charge on any atom is -0.501 e. The van der Waals surface area contributed by atoms with Gasteiger partial charge in [0.15, 0.2) is 0 Å². The maximum absolute atomic E-state index is 9.11. The van der Waals surface area contributed by atoms with Crippen LogP contribution in [0.1, 0.15) is 12.8 Å². The molecule has 0 saturated carbocycles. The Balaban J connectivity index is 1.73. The molecule has 7 heteroatoms. The van der Waals surface area contributed by atoms with Crippen molar-refractivity contribution in [1.82, 2.24) is 15.0 Å². The number of aromatic nitrogens is 3. The number of methoxy groups -OCH3 is 1. The molecule has 1 aliphatic carbocycles. The van der Waals surface area contributed by atoms with Gasteiger partial charge in [0.25, 0.3) is 0 Å². The van der Waals surface area contributed by atoms with Crippen molar-refractivity contribution in [1.29, 1.82) is 0 Å². The molecule has 0 fully saturated rings. The second kappa shape index (κ2) is 6.81. The number of ether oxygens (including phenoxy) is 1.